The fourth-order valence-electron chi connectivity index (χ4n) is 0.182. The molecular formula is C3H7BrO3S. The number of sulfone groups is 1. The third kappa shape index (κ3) is 3.40. The van der Waals surface area contributed by atoms with Crippen molar-refractivity contribution in [1.29, 1.82) is 0 Å². The lowest BCUT2D eigenvalue weighted by atomic mass is 11.0. The zero-order valence-electron chi connectivity index (χ0n) is 4.17. The van der Waals surface area contributed by atoms with E-state index in [0.717, 1.165) is 0 Å². The van der Waals surface area contributed by atoms with Crippen molar-refractivity contribution in [1.82, 2.24) is 0 Å². The third-order valence-electron chi connectivity index (χ3n) is 0.585. The van der Waals surface area contributed by atoms with Crippen molar-refractivity contribution < 1.29 is 13.5 Å². The Bertz CT molecular complexity index is 139. The molecule has 0 spiro atoms. The molecule has 50 valence electrons. The molecule has 8 heavy (non-hydrogen) atoms. The minimum absolute atomic E-state index is 0.00347. The molecule has 0 atom stereocenters. The van der Waals surface area contributed by atoms with E-state index in [4.69, 9.17) is 5.11 Å². The van der Waals surface area contributed by atoms with Crippen LogP contribution in [0.15, 0.2) is 0 Å². The Hall–Kier alpha value is 0.390. The summed E-state index contributed by atoms with van der Waals surface area (Å²) < 4.78 is 20.6. The van der Waals surface area contributed by atoms with Crippen molar-refractivity contribution in [3.8, 4) is 0 Å². The molecule has 0 aromatic rings. The largest absolute Gasteiger partial charge is 0.380 e. The van der Waals surface area contributed by atoms with Gasteiger partial charge in [0.15, 0.2) is 9.84 Å². The summed E-state index contributed by atoms with van der Waals surface area (Å²) in [6.07, 6.45) is 0. The Morgan fingerprint density at radius 1 is 1.50 bits per heavy atom. The van der Waals surface area contributed by atoms with Crippen LogP contribution in [-0.4, -0.2) is 30.5 Å². The molecule has 3 nitrogen and oxygen atoms in total. The van der Waals surface area contributed by atoms with Crippen LogP contribution in [0.1, 0.15) is 0 Å². The van der Waals surface area contributed by atoms with E-state index in [-0.39, 0.29) is 5.75 Å². The molecule has 1 N–H and O–H groups in total. The van der Waals surface area contributed by atoms with Crippen molar-refractivity contribution in [2.45, 2.75) is 0 Å². The van der Waals surface area contributed by atoms with Crippen LogP contribution >= 0.6 is 15.9 Å². The second-order valence-corrected chi connectivity index (χ2v) is 4.21. The number of alkyl halides is 1. The topological polar surface area (TPSA) is 54.4 Å². The van der Waals surface area contributed by atoms with Crippen molar-refractivity contribution in [3.05, 3.63) is 0 Å². The highest BCUT2D eigenvalue weighted by Gasteiger charge is 2.04. The van der Waals surface area contributed by atoms with Gasteiger partial charge in [0.1, 0.15) is 5.94 Å². The molecule has 0 saturated carbocycles. The average molecular weight is 203 g/mol. The van der Waals surface area contributed by atoms with E-state index in [9.17, 15) is 8.42 Å². The quantitative estimate of drug-likeness (QED) is 0.643. The predicted molar refractivity (Wildman–Crippen MR) is 34.7 cm³/mol. The van der Waals surface area contributed by atoms with E-state index in [2.05, 4.69) is 15.9 Å². The summed E-state index contributed by atoms with van der Waals surface area (Å²) in [5.41, 5.74) is 0. The second kappa shape index (κ2) is 3.42. The maximum atomic E-state index is 10.3. The Kier molecular flexibility index (Phi) is 3.59. The maximum Gasteiger partial charge on any atom is 0.174 e. The number of hydrogen-bond acceptors (Lipinski definition) is 3. The van der Waals surface area contributed by atoms with E-state index in [0.29, 0.717) is 5.33 Å². The van der Waals surface area contributed by atoms with Gasteiger partial charge in [-0.25, -0.2) is 8.42 Å². The molecule has 0 aliphatic carbocycles. The average Bonchev–Trinajstić information content (AvgIpc) is 1.67. The Morgan fingerprint density at radius 2 is 2.00 bits per heavy atom. The number of aliphatic hydroxyl groups excluding tert-OH is 1. The fourth-order valence-corrected chi connectivity index (χ4v) is 2.03. The van der Waals surface area contributed by atoms with Gasteiger partial charge in [0.05, 0.1) is 5.75 Å². The van der Waals surface area contributed by atoms with Crippen LogP contribution in [0.2, 0.25) is 0 Å². The van der Waals surface area contributed by atoms with E-state index in [1.54, 1.807) is 0 Å². The number of aliphatic hydroxyl groups is 1. The first-order valence-corrected chi connectivity index (χ1v) is 4.94. The summed E-state index contributed by atoms with van der Waals surface area (Å²) in [6.45, 7) is 0. The SMILES string of the molecule is O=S(=O)(CO)CCBr. The highest BCUT2D eigenvalue weighted by molar-refractivity contribution is 9.09. The van der Waals surface area contributed by atoms with Gasteiger partial charge in [-0.05, 0) is 0 Å². The van der Waals surface area contributed by atoms with E-state index >= 15 is 0 Å². The molecule has 0 unspecified atom stereocenters. The first kappa shape index (κ1) is 8.39. The zero-order valence-corrected chi connectivity index (χ0v) is 6.57. The molecular weight excluding hydrogens is 196 g/mol. The van der Waals surface area contributed by atoms with Gasteiger partial charge in [-0.15, -0.1) is 0 Å². The lowest BCUT2D eigenvalue weighted by molar-refractivity contribution is 0.359. The zero-order chi connectivity index (χ0) is 6.62. The van der Waals surface area contributed by atoms with Crippen LogP contribution in [0.4, 0.5) is 0 Å². The van der Waals surface area contributed by atoms with Gasteiger partial charge >= 0.3 is 0 Å². The Balaban J connectivity index is 3.76. The molecule has 0 fully saturated rings. The first-order valence-electron chi connectivity index (χ1n) is 1.99. The van der Waals surface area contributed by atoms with Crippen molar-refractivity contribution >= 4 is 25.8 Å². The molecule has 0 radical (unpaired) electrons. The van der Waals surface area contributed by atoms with Crippen LogP contribution in [-0.2, 0) is 9.84 Å². The van der Waals surface area contributed by atoms with Gasteiger partial charge in [-0.2, -0.15) is 0 Å². The van der Waals surface area contributed by atoms with Gasteiger partial charge in [0.25, 0.3) is 0 Å². The molecule has 0 amide bonds. The molecule has 0 aromatic heterocycles. The number of rotatable bonds is 3. The lowest BCUT2D eigenvalue weighted by Crippen LogP contribution is -2.10. The normalized spacial score (nSPS) is 11.8. The Morgan fingerprint density at radius 3 is 2.12 bits per heavy atom. The summed E-state index contributed by atoms with van der Waals surface area (Å²) >= 11 is 2.94. The minimum Gasteiger partial charge on any atom is -0.380 e. The van der Waals surface area contributed by atoms with Crippen molar-refractivity contribution in [2.75, 3.05) is 17.0 Å². The van der Waals surface area contributed by atoms with E-state index in [1.165, 1.54) is 0 Å². The van der Waals surface area contributed by atoms with Crippen LogP contribution in [0.25, 0.3) is 0 Å². The molecule has 0 heterocycles. The highest BCUT2D eigenvalue weighted by atomic mass is 79.9. The van der Waals surface area contributed by atoms with E-state index in [1.807, 2.05) is 0 Å². The molecule has 0 aromatic carbocycles. The minimum atomic E-state index is -3.16. The number of hydrogen-bond donors (Lipinski definition) is 1. The first-order chi connectivity index (χ1) is 3.62. The van der Waals surface area contributed by atoms with Gasteiger partial charge in [-0.1, -0.05) is 15.9 Å². The molecule has 0 rings (SSSR count). The summed E-state index contributed by atoms with van der Waals surface area (Å²) in [5, 5.41) is 8.50. The van der Waals surface area contributed by atoms with Crippen LogP contribution in [0.5, 0.6) is 0 Å². The van der Waals surface area contributed by atoms with Crippen molar-refractivity contribution in [3.63, 3.8) is 0 Å². The smallest absolute Gasteiger partial charge is 0.174 e. The molecule has 0 bridgehead atoms. The summed E-state index contributed by atoms with van der Waals surface area (Å²) in [5.74, 6) is -0.748. The van der Waals surface area contributed by atoms with Gasteiger partial charge in [-0.3, -0.25) is 0 Å². The molecule has 5 heteroatoms. The predicted octanol–water partition coefficient (Wildman–Crippen LogP) is -0.254. The monoisotopic (exact) mass is 202 g/mol. The molecule has 0 saturated heterocycles. The fraction of sp³-hybridized carbons (Fsp3) is 1.00. The van der Waals surface area contributed by atoms with Gasteiger partial charge < -0.3 is 5.11 Å². The highest BCUT2D eigenvalue weighted by Crippen LogP contribution is 1.89. The van der Waals surface area contributed by atoms with Crippen LogP contribution < -0.4 is 0 Å². The van der Waals surface area contributed by atoms with Gasteiger partial charge in [0.2, 0.25) is 0 Å². The standard InChI is InChI=1S/C3H7BrO3S/c4-1-2-8(6,7)3-5/h5H,1-3H2. The van der Waals surface area contributed by atoms with Gasteiger partial charge in [0, 0.05) is 5.33 Å². The maximum absolute atomic E-state index is 10.3. The Labute approximate surface area is 56.8 Å². The summed E-state index contributed by atoms with van der Waals surface area (Å²) in [7, 11) is -3.16. The molecule has 0 aliphatic rings. The van der Waals surface area contributed by atoms with Crippen molar-refractivity contribution in [2.24, 2.45) is 0 Å². The third-order valence-corrected chi connectivity index (χ3v) is 2.73. The number of halogens is 1. The summed E-state index contributed by atoms with van der Waals surface area (Å²) in [6, 6.07) is 0. The van der Waals surface area contributed by atoms with E-state index < -0.39 is 15.8 Å². The molecule has 0 aliphatic heterocycles. The summed E-state index contributed by atoms with van der Waals surface area (Å²) in [4.78, 5) is 0. The lowest BCUT2D eigenvalue weighted by Gasteiger charge is -1.92. The van der Waals surface area contributed by atoms with Crippen LogP contribution in [0, 0.1) is 0 Å². The van der Waals surface area contributed by atoms with Crippen LogP contribution in [0.3, 0.4) is 0 Å². The second-order valence-electron chi connectivity index (χ2n) is 1.27.